The summed E-state index contributed by atoms with van der Waals surface area (Å²) in [7, 11) is 2.80. The SMILES string of the molecule is C=CCc1cc(OC)c(OC)c(OC(F)F)c1. The lowest BCUT2D eigenvalue weighted by atomic mass is 10.1. The van der Waals surface area contributed by atoms with Gasteiger partial charge in [0.1, 0.15) is 0 Å². The molecule has 0 aliphatic rings. The van der Waals surface area contributed by atoms with Crippen molar-refractivity contribution in [3.63, 3.8) is 0 Å². The first kappa shape index (κ1) is 13.3. The largest absolute Gasteiger partial charge is 0.493 e. The quantitative estimate of drug-likeness (QED) is 0.720. The standard InChI is InChI=1S/C12H14F2O3/c1-4-5-8-6-9(15-2)11(16-3)10(7-8)17-12(13)14/h4,6-7,12H,1,5H2,2-3H3. The first-order valence-electron chi connectivity index (χ1n) is 4.93. The van der Waals surface area contributed by atoms with Gasteiger partial charge in [-0.1, -0.05) is 6.08 Å². The minimum absolute atomic E-state index is 0.0429. The molecule has 0 amide bonds. The molecule has 5 heteroatoms. The van der Waals surface area contributed by atoms with Crippen molar-refractivity contribution in [1.29, 1.82) is 0 Å². The van der Waals surface area contributed by atoms with Gasteiger partial charge in [-0.2, -0.15) is 8.78 Å². The molecule has 0 unspecified atom stereocenters. The number of hydrogen-bond acceptors (Lipinski definition) is 3. The summed E-state index contributed by atoms with van der Waals surface area (Å²) in [5.41, 5.74) is 0.758. The second kappa shape index (κ2) is 6.08. The van der Waals surface area contributed by atoms with Crippen LogP contribution in [0, 0.1) is 0 Å². The Bertz CT molecular complexity index is 392. The summed E-state index contributed by atoms with van der Waals surface area (Å²) in [5, 5.41) is 0. The van der Waals surface area contributed by atoms with Crippen LogP contribution in [0.25, 0.3) is 0 Å². The molecule has 0 aliphatic heterocycles. The van der Waals surface area contributed by atoms with Gasteiger partial charge in [-0.15, -0.1) is 6.58 Å². The zero-order valence-corrected chi connectivity index (χ0v) is 9.70. The van der Waals surface area contributed by atoms with Gasteiger partial charge < -0.3 is 14.2 Å². The highest BCUT2D eigenvalue weighted by molar-refractivity contribution is 5.54. The van der Waals surface area contributed by atoms with Crippen LogP contribution in [0.4, 0.5) is 8.78 Å². The van der Waals surface area contributed by atoms with Crippen molar-refractivity contribution in [1.82, 2.24) is 0 Å². The van der Waals surface area contributed by atoms with Crippen molar-refractivity contribution < 1.29 is 23.0 Å². The molecule has 1 aromatic carbocycles. The number of alkyl halides is 2. The summed E-state index contributed by atoms with van der Waals surface area (Å²) in [4.78, 5) is 0. The van der Waals surface area contributed by atoms with Crippen LogP contribution in [0.2, 0.25) is 0 Å². The predicted molar refractivity (Wildman–Crippen MR) is 60.1 cm³/mol. The minimum atomic E-state index is -2.91. The smallest absolute Gasteiger partial charge is 0.387 e. The molecule has 0 saturated carbocycles. The van der Waals surface area contributed by atoms with Gasteiger partial charge in [0.2, 0.25) is 5.75 Å². The number of allylic oxidation sites excluding steroid dienone is 1. The van der Waals surface area contributed by atoms with Gasteiger partial charge in [0.25, 0.3) is 0 Å². The Hall–Kier alpha value is -1.78. The number of halogens is 2. The van der Waals surface area contributed by atoms with Crippen LogP contribution in [0.1, 0.15) is 5.56 Å². The zero-order chi connectivity index (χ0) is 12.8. The maximum absolute atomic E-state index is 12.3. The van der Waals surface area contributed by atoms with E-state index >= 15 is 0 Å². The maximum atomic E-state index is 12.3. The number of hydrogen-bond donors (Lipinski definition) is 0. The second-order valence-electron chi connectivity index (χ2n) is 3.20. The van der Waals surface area contributed by atoms with Crippen molar-refractivity contribution in [3.05, 3.63) is 30.4 Å². The Morgan fingerprint density at radius 1 is 1.24 bits per heavy atom. The highest BCUT2D eigenvalue weighted by Gasteiger charge is 2.16. The molecule has 0 N–H and O–H groups in total. The molecule has 1 aromatic rings. The number of methoxy groups -OCH3 is 2. The third-order valence-electron chi connectivity index (χ3n) is 2.10. The molecule has 0 radical (unpaired) electrons. The van der Waals surface area contributed by atoms with Crippen molar-refractivity contribution in [2.24, 2.45) is 0 Å². The molecule has 0 aliphatic carbocycles. The summed E-state index contributed by atoms with van der Waals surface area (Å²) in [6.07, 6.45) is 2.19. The molecule has 0 spiro atoms. The summed E-state index contributed by atoms with van der Waals surface area (Å²) >= 11 is 0. The van der Waals surface area contributed by atoms with E-state index in [0.717, 1.165) is 5.56 Å². The third-order valence-corrected chi connectivity index (χ3v) is 2.10. The van der Waals surface area contributed by atoms with E-state index < -0.39 is 6.61 Å². The summed E-state index contributed by atoms with van der Waals surface area (Å²) in [6.45, 7) is 0.674. The Labute approximate surface area is 98.6 Å². The fourth-order valence-corrected chi connectivity index (χ4v) is 1.45. The zero-order valence-electron chi connectivity index (χ0n) is 9.70. The summed E-state index contributed by atoms with van der Waals surface area (Å²) in [5.74, 6) is 0.460. The van der Waals surface area contributed by atoms with Crippen LogP contribution >= 0.6 is 0 Å². The summed E-state index contributed by atoms with van der Waals surface area (Å²) < 4.78 is 38.9. The van der Waals surface area contributed by atoms with Gasteiger partial charge >= 0.3 is 6.61 Å². The molecular formula is C12H14F2O3. The maximum Gasteiger partial charge on any atom is 0.387 e. The average molecular weight is 244 g/mol. The lowest BCUT2D eigenvalue weighted by molar-refractivity contribution is -0.0513. The molecule has 94 valence electrons. The van der Waals surface area contributed by atoms with E-state index in [1.54, 1.807) is 12.1 Å². The molecule has 0 saturated heterocycles. The molecule has 0 bridgehead atoms. The van der Waals surface area contributed by atoms with Crippen molar-refractivity contribution >= 4 is 0 Å². The van der Waals surface area contributed by atoms with E-state index in [9.17, 15) is 8.78 Å². The Morgan fingerprint density at radius 3 is 2.35 bits per heavy atom. The molecule has 1 rings (SSSR count). The lowest BCUT2D eigenvalue weighted by Crippen LogP contribution is -2.05. The highest BCUT2D eigenvalue weighted by Crippen LogP contribution is 2.39. The number of rotatable bonds is 6. The minimum Gasteiger partial charge on any atom is -0.493 e. The fourth-order valence-electron chi connectivity index (χ4n) is 1.45. The average Bonchev–Trinajstić information content (AvgIpc) is 2.28. The molecular weight excluding hydrogens is 230 g/mol. The lowest BCUT2D eigenvalue weighted by Gasteiger charge is -2.14. The number of ether oxygens (including phenoxy) is 3. The van der Waals surface area contributed by atoms with Gasteiger partial charge in [-0.3, -0.25) is 0 Å². The Balaban J connectivity index is 3.20. The monoisotopic (exact) mass is 244 g/mol. The molecule has 0 atom stereocenters. The summed E-state index contributed by atoms with van der Waals surface area (Å²) in [6, 6.07) is 3.17. The van der Waals surface area contributed by atoms with Crippen LogP contribution in [-0.2, 0) is 6.42 Å². The van der Waals surface area contributed by atoms with Crippen LogP contribution < -0.4 is 14.2 Å². The van der Waals surface area contributed by atoms with Gasteiger partial charge in [-0.25, -0.2) is 0 Å². The normalized spacial score (nSPS) is 10.2. The van der Waals surface area contributed by atoms with E-state index in [-0.39, 0.29) is 11.5 Å². The van der Waals surface area contributed by atoms with Gasteiger partial charge in [-0.05, 0) is 24.1 Å². The van der Waals surface area contributed by atoms with Crippen LogP contribution in [-0.4, -0.2) is 20.8 Å². The van der Waals surface area contributed by atoms with Gasteiger partial charge in [0, 0.05) is 0 Å². The first-order valence-corrected chi connectivity index (χ1v) is 4.93. The second-order valence-corrected chi connectivity index (χ2v) is 3.20. The van der Waals surface area contributed by atoms with Crippen molar-refractivity contribution in [2.75, 3.05) is 14.2 Å². The van der Waals surface area contributed by atoms with Crippen LogP contribution in [0.15, 0.2) is 24.8 Å². The first-order chi connectivity index (χ1) is 8.12. The van der Waals surface area contributed by atoms with Gasteiger partial charge in [0.05, 0.1) is 14.2 Å². The van der Waals surface area contributed by atoms with Crippen molar-refractivity contribution in [3.8, 4) is 17.2 Å². The number of benzene rings is 1. The van der Waals surface area contributed by atoms with E-state index in [4.69, 9.17) is 9.47 Å². The van der Waals surface area contributed by atoms with Gasteiger partial charge in [0.15, 0.2) is 11.5 Å². The predicted octanol–water partition coefficient (Wildman–Crippen LogP) is 3.03. The highest BCUT2D eigenvalue weighted by atomic mass is 19.3. The van der Waals surface area contributed by atoms with Crippen LogP contribution in [0.3, 0.4) is 0 Å². The van der Waals surface area contributed by atoms with E-state index in [1.165, 1.54) is 20.3 Å². The van der Waals surface area contributed by atoms with E-state index in [1.807, 2.05) is 0 Å². The topological polar surface area (TPSA) is 27.7 Å². The van der Waals surface area contributed by atoms with Crippen molar-refractivity contribution in [2.45, 2.75) is 13.0 Å². The molecule has 3 nitrogen and oxygen atoms in total. The molecule has 0 fully saturated rings. The molecule has 0 aromatic heterocycles. The fraction of sp³-hybridized carbons (Fsp3) is 0.333. The molecule has 0 heterocycles. The van der Waals surface area contributed by atoms with Crippen LogP contribution in [0.5, 0.6) is 17.2 Å². The molecule has 17 heavy (non-hydrogen) atoms. The third kappa shape index (κ3) is 3.34. The Kier molecular flexibility index (Phi) is 4.75. The van der Waals surface area contributed by atoms with E-state index in [0.29, 0.717) is 12.2 Å². The Morgan fingerprint density at radius 2 is 1.88 bits per heavy atom. The van der Waals surface area contributed by atoms with E-state index in [2.05, 4.69) is 11.3 Å².